The molecule has 0 aromatic heterocycles. The highest BCUT2D eigenvalue weighted by Crippen LogP contribution is 2.43. The number of carbonyl (C=O) groups excluding carboxylic acids is 3. The number of hydrogen-bond acceptors (Lipinski definition) is 16. The Kier molecular flexibility index (Phi) is 33.7. The van der Waals surface area contributed by atoms with Crippen molar-refractivity contribution in [2.75, 3.05) is 147 Å². The number of rotatable bonds is 40. The highest BCUT2D eigenvalue weighted by Gasteiger charge is 2.29. The van der Waals surface area contributed by atoms with Crippen molar-refractivity contribution in [1.29, 1.82) is 0 Å². The minimum Gasteiger partial charge on any atom is -0.769 e. The highest BCUT2D eigenvalue weighted by atomic mass is 31.2. The van der Waals surface area contributed by atoms with Gasteiger partial charge in [-0.05, 0) is 41.7 Å². The molecule has 0 radical (unpaired) electrons. The van der Waals surface area contributed by atoms with Gasteiger partial charge < -0.3 is 62.7 Å². The Morgan fingerprint density at radius 2 is 1.05 bits per heavy atom. The van der Waals surface area contributed by atoms with Crippen LogP contribution in [-0.2, 0) is 68.0 Å². The summed E-state index contributed by atoms with van der Waals surface area (Å²) in [4.78, 5) is 54.8. The number of amides is 2. The molecule has 0 heterocycles. The molecule has 2 atom stereocenters. The molecule has 2 aromatic rings. The van der Waals surface area contributed by atoms with E-state index in [9.17, 15) is 23.8 Å². The summed E-state index contributed by atoms with van der Waals surface area (Å²) in [7, 11) is 0.743. The molecule has 0 bridgehead atoms. The van der Waals surface area contributed by atoms with Gasteiger partial charge in [0.15, 0.2) is 7.60 Å². The molecule has 0 spiro atoms. The van der Waals surface area contributed by atoms with Crippen molar-refractivity contribution in [1.82, 2.24) is 15.5 Å². The lowest BCUT2D eigenvalue weighted by molar-refractivity contribution is -0.193. The highest BCUT2D eigenvalue weighted by molar-refractivity contribution is 7.52. The van der Waals surface area contributed by atoms with E-state index >= 15 is 0 Å². The van der Waals surface area contributed by atoms with Gasteiger partial charge >= 0.3 is 0 Å². The number of nitrogens with one attached hydrogen (secondary N) is 2. The standard InChI is InChI=1S/C44H72N3O15P.CH4/c1-36(2)63(51,52)62-41-14-12-39(13-15-41)38-10-8-37(9-11-38)33-42(44(50)46-17-20-58-29-32-61-26-23-55-5)47(34-40(48)7-6-18-56-27-30-59-24-21-53-3)35-43(49)45-16-19-57-28-31-60-25-22-54-4;/h8-15,36,42H,6-7,16-35H2,1-5H3,(H,45,49)(H,46,50)(H,51,52);1H4/p-1. The van der Waals surface area contributed by atoms with Gasteiger partial charge in [0.05, 0.1) is 112 Å². The van der Waals surface area contributed by atoms with E-state index in [-0.39, 0.29) is 83.0 Å². The van der Waals surface area contributed by atoms with E-state index in [1.165, 1.54) is 0 Å². The first-order chi connectivity index (χ1) is 30.5. The van der Waals surface area contributed by atoms with Crippen LogP contribution in [0.25, 0.3) is 11.1 Å². The predicted molar refractivity (Wildman–Crippen MR) is 242 cm³/mol. The maximum absolute atomic E-state index is 14.1. The molecule has 0 saturated heterocycles. The number of ether oxygens (including phenoxy) is 9. The Morgan fingerprint density at radius 3 is 1.53 bits per heavy atom. The minimum atomic E-state index is -4.05. The van der Waals surface area contributed by atoms with Crippen LogP contribution in [0.1, 0.15) is 39.7 Å². The van der Waals surface area contributed by atoms with Gasteiger partial charge in [0, 0.05) is 53.1 Å². The smallest absolute Gasteiger partial charge is 0.237 e. The normalized spacial score (nSPS) is 12.8. The molecule has 0 aliphatic rings. The van der Waals surface area contributed by atoms with Gasteiger partial charge in [-0.3, -0.25) is 23.8 Å². The summed E-state index contributed by atoms with van der Waals surface area (Å²) < 4.78 is 65.5. The molecule has 18 nitrogen and oxygen atoms in total. The molecule has 2 aromatic carbocycles. The fourth-order valence-electron chi connectivity index (χ4n) is 5.62. The summed E-state index contributed by atoms with van der Waals surface area (Å²) >= 11 is 0. The molecule has 366 valence electrons. The van der Waals surface area contributed by atoms with Gasteiger partial charge in [-0.2, -0.15) is 0 Å². The largest absolute Gasteiger partial charge is 0.769 e. The second-order valence-corrected chi connectivity index (χ2v) is 16.8. The van der Waals surface area contributed by atoms with Crippen LogP contribution in [0.2, 0.25) is 0 Å². The molecular formula is C45H75N3O15P-. The topological polar surface area (TPSA) is 211 Å². The monoisotopic (exact) mass is 928 g/mol. The molecule has 0 aliphatic carbocycles. The predicted octanol–water partition coefficient (Wildman–Crippen LogP) is 3.16. The average molecular weight is 929 g/mol. The first-order valence-corrected chi connectivity index (χ1v) is 23.0. The first kappa shape index (κ1) is 58.7. The zero-order chi connectivity index (χ0) is 46.0. The van der Waals surface area contributed by atoms with E-state index in [2.05, 4.69) is 10.6 Å². The zero-order valence-corrected chi connectivity index (χ0v) is 38.7. The van der Waals surface area contributed by atoms with E-state index in [4.69, 9.17) is 47.2 Å². The second-order valence-electron chi connectivity index (χ2n) is 14.5. The summed E-state index contributed by atoms with van der Waals surface area (Å²) in [6.07, 6.45) is 0.815. The Hall–Kier alpha value is -3.36. The van der Waals surface area contributed by atoms with E-state index < -0.39 is 19.3 Å². The fourth-order valence-corrected chi connectivity index (χ4v) is 6.24. The van der Waals surface area contributed by atoms with Gasteiger partial charge in [0.2, 0.25) is 11.8 Å². The number of ketones is 1. The summed E-state index contributed by atoms with van der Waals surface area (Å²) in [5.41, 5.74) is 1.80. The number of carbonyl (C=O) groups is 3. The van der Waals surface area contributed by atoms with Crippen LogP contribution in [0.15, 0.2) is 48.5 Å². The number of methoxy groups -OCH3 is 3. The lowest BCUT2D eigenvalue weighted by Crippen LogP contribution is -2.53. The summed E-state index contributed by atoms with van der Waals surface area (Å²) in [6.45, 7) is 9.01. The Morgan fingerprint density at radius 1 is 0.609 bits per heavy atom. The Balaban J connectivity index is 0.0000205. The fraction of sp³-hybridized carbons (Fsp3) is 0.667. The zero-order valence-electron chi connectivity index (χ0n) is 37.8. The van der Waals surface area contributed by atoms with E-state index in [0.29, 0.717) is 92.3 Å². The Labute approximate surface area is 380 Å². The lowest BCUT2D eigenvalue weighted by atomic mass is 9.99. The summed E-state index contributed by atoms with van der Waals surface area (Å²) in [5, 5.41) is 5.77. The van der Waals surface area contributed by atoms with Crippen LogP contribution < -0.4 is 20.1 Å². The number of benzene rings is 2. The quantitative estimate of drug-likeness (QED) is 0.0726. The van der Waals surface area contributed by atoms with Crippen LogP contribution in [0.5, 0.6) is 5.75 Å². The van der Waals surface area contributed by atoms with Gasteiger partial charge in [0.1, 0.15) is 11.5 Å². The van der Waals surface area contributed by atoms with Gasteiger partial charge in [-0.25, -0.2) is 0 Å². The van der Waals surface area contributed by atoms with Crippen LogP contribution >= 0.6 is 7.60 Å². The maximum Gasteiger partial charge on any atom is 0.237 e. The Bertz CT molecular complexity index is 1520. The SMILES string of the molecule is C.COCCOCCOCCCC(=O)CN(CC(=O)NCCOCCOCCOC)C(Cc1ccc(-c2ccc(OP(=O)([O-])C(C)C)cc2)cc1)C(=O)NCCOCCOCCOC. The number of nitrogens with zero attached hydrogens (tertiary/aromatic N) is 1. The molecule has 0 saturated carbocycles. The molecule has 0 fully saturated rings. The van der Waals surface area contributed by atoms with E-state index in [1.807, 2.05) is 24.3 Å². The molecule has 19 heteroatoms. The van der Waals surface area contributed by atoms with E-state index in [1.54, 1.807) is 64.3 Å². The van der Waals surface area contributed by atoms with Crippen molar-refractivity contribution in [2.45, 2.75) is 52.2 Å². The lowest BCUT2D eigenvalue weighted by Gasteiger charge is -2.30. The van der Waals surface area contributed by atoms with Crippen LogP contribution in [0.4, 0.5) is 0 Å². The van der Waals surface area contributed by atoms with Crippen molar-refractivity contribution in [2.24, 2.45) is 0 Å². The third-order valence-electron chi connectivity index (χ3n) is 9.18. The third-order valence-corrected chi connectivity index (χ3v) is 10.9. The number of hydrogen-bond donors (Lipinski definition) is 2. The van der Waals surface area contributed by atoms with Crippen molar-refractivity contribution < 1.29 is 71.0 Å². The minimum absolute atomic E-state index is 0. The van der Waals surface area contributed by atoms with Gasteiger partial charge in [-0.15, -0.1) is 0 Å². The molecule has 0 aliphatic heterocycles. The van der Waals surface area contributed by atoms with Crippen molar-refractivity contribution in [3.05, 3.63) is 54.1 Å². The molecule has 64 heavy (non-hydrogen) atoms. The van der Waals surface area contributed by atoms with Crippen molar-refractivity contribution in [3.8, 4) is 16.9 Å². The van der Waals surface area contributed by atoms with Crippen LogP contribution in [-0.4, -0.2) is 181 Å². The van der Waals surface area contributed by atoms with Crippen molar-refractivity contribution >= 4 is 25.2 Å². The van der Waals surface area contributed by atoms with Gasteiger partial charge in [-0.1, -0.05) is 57.7 Å². The summed E-state index contributed by atoms with van der Waals surface area (Å²) in [6, 6.07) is 13.4. The van der Waals surface area contributed by atoms with E-state index in [0.717, 1.165) is 16.7 Å². The third kappa shape index (κ3) is 27.2. The molecule has 2 unspecified atom stereocenters. The van der Waals surface area contributed by atoms with Crippen LogP contribution in [0.3, 0.4) is 0 Å². The summed E-state index contributed by atoms with van der Waals surface area (Å²) in [5.74, 6) is -0.680. The molecule has 2 rings (SSSR count). The molecule has 2 amide bonds. The second kappa shape index (κ2) is 36.8. The average Bonchev–Trinajstić information content (AvgIpc) is 3.26. The van der Waals surface area contributed by atoms with Gasteiger partial charge in [0.25, 0.3) is 0 Å². The maximum atomic E-state index is 14.1. The molecular weight excluding hydrogens is 853 g/mol. The molecule has 2 N–H and O–H groups in total. The van der Waals surface area contributed by atoms with Crippen LogP contribution in [0, 0.1) is 0 Å². The van der Waals surface area contributed by atoms with Crippen molar-refractivity contribution in [3.63, 3.8) is 0 Å². The number of Topliss-reactive ketones (excluding diaryl/α,β-unsaturated/α-hetero) is 1. The first-order valence-electron chi connectivity index (χ1n) is 21.4.